The summed E-state index contributed by atoms with van der Waals surface area (Å²) in [6, 6.07) is 12.4. The first kappa shape index (κ1) is 15.5. The topological polar surface area (TPSA) is 49.5 Å². The molecule has 3 rings (SSSR count). The molecule has 0 spiro atoms. The van der Waals surface area contributed by atoms with Gasteiger partial charge in [-0.25, -0.2) is 4.39 Å². The molecule has 0 fully saturated rings. The lowest BCUT2D eigenvalue weighted by Crippen LogP contribution is -2.28. The van der Waals surface area contributed by atoms with Crippen LogP contribution in [-0.4, -0.2) is 23.2 Å². The van der Waals surface area contributed by atoms with Crippen LogP contribution in [0.2, 0.25) is 0 Å². The molecule has 0 saturated carbocycles. The van der Waals surface area contributed by atoms with Gasteiger partial charge in [0.1, 0.15) is 11.3 Å². The number of aromatic nitrogens is 1. The van der Waals surface area contributed by atoms with E-state index in [2.05, 4.69) is 4.98 Å². The van der Waals surface area contributed by atoms with E-state index in [4.69, 9.17) is 4.42 Å². The second-order valence-electron chi connectivity index (χ2n) is 5.57. The third-order valence-corrected chi connectivity index (χ3v) is 3.85. The molecule has 120 valence electrons. The molecule has 0 radical (unpaired) electrons. The maximum absolute atomic E-state index is 13.3. The Morgan fingerprint density at radius 3 is 2.65 bits per heavy atom. The lowest BCUT2D eigenvalue weighted by Gasteiger charge is -2.22. The first-order valence-electron chi connectivity index (χ1n) is 7.62. The maximum Gasteiger partial charge on any atom is 0.298 e. The van der Waals surface area contributed by atoms with E-state index in [1.54, 1.807) is 6.07 Å². The SMILES string of the molecule is CCN(CC(O)c1ccc(C)cc1)c1nc2cc(F)ccc2o1. The summed E-state index contributed by atoms with van der Waals surface area (Å²) in [4.78, 5) is 6.15. The first-order chi connectivity index (χ1) is 11.1. The van der Waals surface area contributed by atoms with Crippen molar-refractivity contribution in [2.75, 3.05) is 18.0 Å². The van der Waals surface area contributed by atoms with Crippen LogP contribution in [0.3, 0.4) is 0 Å². The molecule has 1 unspecified atom stereocenters. The predicted molar refractivity (Wildman–Crippen MR) is 88.0 cm³/mol. The average Bonchev–Trinajstić information content (AvgIpc) is 2.95. The molecule has 4 nitrogen and oxygen atoms in total. The van der Waals surface area contributed by atoms with Crippen molar-refractivity contribution >= 4 is 17.1 Å². The fourth-order valence-corrected chi connectivity index (χ4v) is 2.47. The summed E-state index contributed by atoms with van der Waals surface area (Å²) >= 11 is 0. The van der Waals surface area contributed by atoms with E-state index in [0.29, 0.717) is 30.2 Å². The molecule has 0 bridgehead atoms. The van der Waals surface area contributed by atoms with Gasteiger partial charge in [-0.2, -0.15) is 4.98 Å². The number of halogens is 1. The summed E-state index contributed by atoms with van der Waals surface area (Å²) in [6.07, 6.45) is -0.651. The third-order valence-electron chi connectivity index (χ3n) is 3.85. The van der Waals surface area contributed by atoms with Gasteiger partial charge in [-0.1, -0.05) is 29.8 Å². The number of fused-ring (bicyclic) bond motifs is 1. The van der Waals surface area contributed by atoms with Gasteiger partial charge >= 0.3 is 0 Å². The molecule has 0 aliphatic rings. The molecule has 1 heterocycles. The molecule has 23 heavy (non-hydrogen) atoms. The van der Waals surface area contributed by atoms with Gasteiger partial charge in [0.25, 0.3) is 6.01 Å². The number of aliphatic hydroxyl groups excluding tert-OH is 1. The molecule has 1 N–H and O–H groups in total. The van der Waals surface area contributed by atoms with Crippen molar-refractivity contribution < 1.29 is 13.9 Å². The van der Waals surface area contributed by atoms with Crippen molar-refractivity contribution in [2.45, 2.75) is 20.0 Å². The fourth-order valence-electron chi connectivity index (χ4n) is 2.47. The van der Waals surface area contributed by atoms with Crippen LogP contribution in [0, 0.1) is 12.7 Å². The Morgan fingerprint density at radius 2 is 1.96 bits per heavy atom. The molecular weight excluding hydrogens is 295 g/mol. The van der Waals surface area contributed by atoms with Crippen LogP contribution in [0.25, 0.3) is 11.1 Å². The Kier molecular flexibility index (Phi) is 4.30. The number of likely N-dealkylation sites (N-methyl/N-ethyl adjacent to an activating group) is 1. The van der Waals surface area contributed by atoms with E-state index in [1.807, 2.05) is 43.0 Å². The zero-order chi connectivity index (χ0) is 16.4. The highest BCUT2D eigenvalue weighted by Crippen LogP contribution is 2.24. The molecule has 1 atom stereocenters. The van der Waals surface area contributed by atoms with Gasteiger partial charge in [0.15, 0.2) is 5.58 Å². The van der Waals surface area contributed by atoms with Gasteiger partial charge in [0.05, 0.1) is 12.6 Å². The number of benzene rings is 2. The zero-order valence-electron chi connectivity index (χ0n) is 13.2. The van der Waals surface area contributed by atoms with Crippen LogP contribution in [0.5, 0.6) is 0 Å². The van der Waals surface area contributed by atoms with Crippen LogP contribution in [0.4, 0.5) is 10.4 Å². The number of anilines is 1. The normalized spacial score (nSPS) is 12.5. The Balaban J connectivity index is 1.81. The second kappa shape index (κ2) is 6.38. The van der Waals surface area contributed by atoms with Crippen molar-refractivity contribution in [3.63, 3.8) is 0 Å². The predicted octanol–water partition coefficient (Wildman–Crippen LogP) is 3.84. The van der Waals surface area contributed by atoms with E-state index < -0.39 is 6.10 Å². The van der Waals surface area contributed by atoms with Gasteiger partial charge in [-0.3, -0.25) is 0 Å². The smallest absolute Gasteiger partial charge is 0.298 e. The number of aryl methyl sites for hydroxylation is 1. The van der Waals surface area contributed by atoms with Crippen molar-refractivity contribution in [3.05, 3.63) is 59.4 Å². The minimum Gasteiger partial charge on any atom is -0.423 e. The quantitative estimate of drug-likeness (QED) is 0.777. The number of aliphatic hydroxyl groups is 1. The van der Waals surface area contributed by atoms with Crippen molar-refractivity contribution in [3.8, 4) is 0 Å². The second-order valence-corrected chi connectivity index (χ2v) is 5.57. The number of rotatable bonds is 5. The van der Waals surface area contributed by atoms with E-state index in [0.717, 1.165) is 11.1 Å². The Morgan fingerprint density at radius 1 is 1.22 bits per heavy atom. The minimum absolute atomic E-state index is 0.347. The van der Waals surface area contributed by atoms with Gasteiger partial charge in [-0.05, 0) is 31.5 Å². The summed E-state index contributed by atoms with van der Waals surface area (Å²) in [5.41, 5.74) is 3.00. The highest BCUT2D eigenvalue weighted by Gasteiger charge is 2.18. The van der Waals surface area contributed by atoms with Crippen LogP contribution in [0.1, 0.15) is 24.2 Å². The fraction of sp³-hybridized carbons (Fsp3) is 0.278. The molecule has 3 aromatic rings. The Bertz CT molecular complexity index is 798. The van der Waals surface area contributed by atoms with E-state index in [-0.39, 0.29) is 5.82 Å². The average molecular weight is 314 g/mol. The lowest BCUT2D eigenvalue weighted by atomic mass is 10.1. The summed E-state index contributed by atoms with van der Waals surface area (Å²) < 4.78 is 18.9. The zero-order valence-corrected chi connectivity index (χ0v) is 13.2. The summed E-state index contributed by atoms with van der Waals surface area (Å²) in [5, 5.41) is 10.4. The Labute approximate surface area is 134 Å². The minimum atomic E-state index is -0.651. The van der Waals surface area contributed by atoms with E-state index in [1.165, 1.54) is 12.1 Å². The van der Waals surface area contributed by atoms with Gasteiger partial charge in [0, 0.05) is 12.6 Å². The van der Waals surface area contributed by atoms with Crippen LogP contribution in [0.15, 0.2) is 46.9 Å². The molecular formula is C18H19FN2O2. The van der Waals surface area contributed by atoms with Crippen molar-refractivity contribution in [1.29, 1.82) is 0 Å². The number of hydrogen-bond acceptors (Lipinski definition) is 4. The molecule has 0 aliphatic carbocycles. The van der Waals surface area contributed by atoms with Crippen LogP contribution >= 0.6 is 0 Å². The van der Waals surface area contributed by atoms with Gasteiger partial charge in [0.2, 0.25) is 0 Å². The molecule has 0 saturated heterocycles. The molecule has 5 heteroatoms. The Hall–Kier alpha value is -2.40. The number of hydrogen-bond donors (Lipinski definition) is 1. The first-order valence-corrected chi connectivity index (χ1v) is 7.62. The van der Waals surface area contributed by atoms with Gasteiger partial charge < -0.3 is 14.4 Å². The number of nitrogens with zero attached hydrogens (tertiary/aromatic N) is 2. The van der Waals surface area contributed by atoms with Crippen molar-refractivity contribution in [2.24, 2.45) is 0 Å². The monoisotopic (exact) mass is 314 g/mol. The van der Waals surface area contributed by atoms with Crippen LogP contribution in [-0.2, 0) is 0 Å². The number of oxazole rings is 1. The van der Waals surface area contributed by atoms with Crippen molar-refractivity contribution in [1.82, 2.24) is 4.98 Å². The summed E-state index contributed by atoms with van der Waals surface area (Å²) in [5.74, 6) is -0.347. The standard InChI is InChI=1S/C18H19FN2O2/c1-3-21(11-16(22)13-6-4-12(2)5-7-13)18-20-15-10-14(19)8-9-17(15)23-18/h4-10,16,22H,3,11H2,1-2H3. The molecule has 1 aromatic heterocycles. The summed E-state index contributed by atoms with van der Waals surface area (Å²) in [6.45, 7) is 4.94. The molecule has 0 amide bonds. The highest BCUT2D eigenvalue weighted by molar-refractivity contribution is 5.74. The van der Waals surface area contributed by atoms with Gasteiger partial charge in [-0.15, -0.1) is 0 Å². The maximum atomic E-state index is 13.3. The molecule has 2 aromatic carbocycles. The summed E-state index contributed by atoms with van der Waals surface area (Å²) in [7, 11) is 0. The third kappa shape index (κ3) is 3.35. The molecule has 0 aliphatic heterocycles. The van der Waals surface area contributed by atoms with E-state index >= 15 is 0 Å². The highest BCUT2D eigenvalue weighted by atomic mass is 19.1. The van der Waals surface area contributed by atoms with E-state index in [9.17, 15) is 9.50 Å². The lowest BCUT2D eigenvalue weighted by molar-refractivity contribution is 0.182. The largest absolute Gasteiger partial charge is 0.423 e. The van der Waals surface area contributed by atoms with Crippen LogP contribution < -0.4 is 4.90 Å².